The maximum Gasteiger partial charge on any atom is 0.0890 e. The summed E-state index contributed by atoms with van der Waals surface area (Å²) in [5, 5.41) is 3.32. The highest BCUT2D eigenvalue weighted by atomic mass is 15.0. The summed E-state index contributed by atoms with van der Waals surface area (Å²) in [6, 6.07) is 0. The zero-order valence-electron chi connectivity index (χ0n) is 9.55. The largest absolute Gasteiger partial charge is 0.330 e. The van der Waals surface area contributed by atoms with Gasteiger partial charge < -0.3 is 5.73 Å². The summed E-state index contributed by atoms with van der Waals surface area (Å²) < 4.78 is 0. The minimum absolute atomic E-state index is 0.675. The monoisotopic (exact) mass is 207 g/mol. The number of aliphatic imine (C=N–C) groups is 1. The van der Waals surface area contributed by atoms with E-state index in [9.17, 15) is 0 Å². The maximum atomic E-state index is 5.58. The summed E-state index contributed by atoms with van der Waals surface area (Å²) in [7, 11) is 0. The molecule has 0 aromatic rings. The molecule has 0 saturated carbocycles. The molecule has 1 unspecified atom stereocenters. The highest BCUT2D eigenvalue weighted by molar-refractivity contribution is 6.04. The molecule has 0 aromatic heterocycles. The van der Waals surface area contributed by atoms with Crippen LogP contribution in [0, 0.1) is 5.92 Å². The lowest BCUT2D eigenvalue weighted by Crippen LogP contribution is -2.35. The van der Waals surface area contributed by atoms with Crippen LogP contribution in [0.25, 0.3) is 0 Å². The standard InChI is InChI=1S/C12H21N3/c1-9-4-5-10(3-2-6-13)12-11(9)7-14-8-15-12/h10,14H,2-8,13H2,1H3. The number of hydrogen-bond donors (Lipinski definition) is 2. The van der Waals surface area contributed by atoms with Gasteiger partial charge in [-0.3, -0.25) is 10.3 Å². The molecule has 0 spiro atoms. The Kier molecular flexibility index (Phi) is 3.54. The first-order valence-electron chi connectivity index (χ1n) is 5.97. The van der Waals surface area contributed by atoms with Gasteiger partial charge in [-0.15, -0.1) is 0 Å². The molecule has 1 aliphatic heterocycles. The first-order valence-corrected chi connectivity index (χ1v) is 5.97. The second kappa shape index (κ2) is 4.90. The summed E-state index contributed by atoms with van der Waals surface area (Å²) in [6.45, 7) is 4.87. The van der Waals surface area contributed by atoms with E-state index in [2.05, 4.69) is 17.2 Å². The van der Waals surface area contributed by atoms with E-state index in [-0.39, 0.29) is 0 Å². The van der Waals surface area contributed by atoms with Gasteiger partial charge in [0, 0.05) is 18.2 Å². The van der Waals surface area contributed by atoms with Crippen LogP contribution in [0.15, 0.2) is 16.1 Å². The van der Waals surface area contributed by atoms with Crippen molar-refractivity contribution in [3.63, 3.8) is 0 Å². The Labute approximate surface area is 91.8 Å². The average Bonchev–Trinajstić information content (AvgIpc) is 2.29. The molecule has 0 bridgehead atoms. The van der Waals surface area contributed by atoms with Crippen LogP contribution in [-0.4, -0.2) is 25.5 Å². The summed E-state index contributed by atoms with van der Waals surface area (Å²) in [5.74, 6) is 0.675. The van der Waals surface area contributed by atoms with Gasteiger partial charge in [0.05, 0.1) is 6.67 Å². The molecule has 1 atom stereocenters. The van der Waals surface area contributed by atoms with Crippen LogP contribution in [0.4, 0.5) is 0 Å². The predicted octanol–water partition coefficient (Wildman–Crippen LogP) is 1.45. The lowest BCUT2D eigenvalue weighted by molar-refractivity contribution is 0.528. The predicted molar refractivity (Wildman–Crippen MR) is 64.0 cm³/mol. The Morgan fingerprint density at radius 1 is 1.53 bits per heavy atom. The molecule has 0 saturated heterocycles. The van der Waals surface area contributed by atoms with Crippen molar-refractivity contribution in [3.05, 3.63) is 11.1 Å². The summed E-state index contributed by atoms with van der Waals surface area (Å²) in [6.07, 6.45) is 4.86. The van der Waals surface area contributed by atoms with Crippen molar-refractivity contribution in [1.29, 1.82) is 0 Å². The Balaban J connectivity index is 2.13. The number of nitrogens with two attached hydrogens (primary N) is 1. The van der Waals surface area contributed by atoms with Crippen molar-refractivity contribution >= 4 is 5.71 Å². The summed E-state index contributed by atoms with van der Waals surface area (Å²) in [4.78, 5) is 4.64. The van der Waals surface area contributed by atoms with E-state index in [1.165, 1.54) is 36.1 Å². The molecule has 3 N–H and O–H groups in total. The van der Waals surface area contributed by atoms with Gasteiger partial charge in [0.1, 0.15) is 0 Å². The summed E-state index contributed by atoms with van der Waals surface area (Å²) >= 11 is 0. The van der Waals surface area contributed by atoms with Crippen molar-refractivity contribution in [1.82, 2.24) is 5.32 Å². The number of rotatable bonds is 3. The molecule has 2 aliphatic rings. The molecule has 0 fully saturated rings. The molecule has 1 aliphatic carbocycles. The van der Waals surface area contributed by atoms with Crippen molar-refractivity contribution in [2.24, 2.45) is 16.6 Å². The molecule has 0 amide bonds. The highest BCUT2D eigenvalue weighted by Gasteiger charge is 2.26. The Morgan fingerprint density at radius 2 is 2.40 bits per heavy atom. The lowest BCUT2D eigenvalue weighted by atomic mass is 9.79. The van der Waals surface area contributed by atoms with E-state index in [4.69, 9.17) is 5.73 Å². The van der Waals surface area contributed by atoms with E-state index < -0.39 is 0 Å². The van der Waals surface area contributed by atoms with Gasteiger partial charge in [0.25, 0.3) is 0 Å². The first-order chi connectivity index (χ1) is 7.33. The molecule has 0 radical (unpaired) electrons. The van der Waals surface area contributed by atoms with Gasteiger partial charge in [-0.05, 0) is 44.7 Å². The topological polar surface area (TPSA) is 50.4 Å². The van der Waals surface area contributed by atoms with Crippen LogP contribution >= 0.6 is 0 Å². The molecule has 15 heavy (non-hydrogen) atoms. The number of fused-ring (bicyclic) bond motifs is 1. The Hall–Kier alpha value is -0.670. The molecule has 0 aromatic carbocycles. The van der Waals surface area contributed by atoms with Crippen LogP contribution in [0.5, 0.6) is 0 Å². The van der Waals surface area contributed by atoms with E-state index in [0.29, 0.717) is 5.92 Å². The summed E-state index contributed by atoms with van der Waals surface area (Å²) in [5.41, 5.74) is 9.97. The number of allylic oxidation sites excluding steroid dienone is 1. The van der Waals surface area contributed by atoms with E-state index in [0.717, 1.165) is 26.2 Å². The molecule has 2 rings (SSSR count). The maximum absolute atomic E-state index is 5.58. The third-order valence-corrected chi connectivity index (χ3v) is 3.50. The van der Waals surface area contributed by atoms with Gasteiger partial charge in [-0.2, -0.15) is 0 Å². The highest BCUT2D eigenvalue weighted by Crippen LogP contribution is 2.30. The third kappa shape index (κ3) is 2.29. The fourth-order valence-electron chi connectivity index (χ4n) is 2.58. The normalized spacial score (nSPS) is 26.3. The second-order valence-electron chi connectivity index (χ2n) is 4.55. The minimum Gasteiger partial charge on any atom is -0.330 e. The fraction of sp³-hybridized carbons (Fsp3) is 0.750. The Bertz CT molecular complexity index is 291. The Morgan fingerprint density at radius 3 is 3.20 bits per heavy atom. The lowest BCUT2D eigenvalue weighted by Gasteiger charge is -2.31. The third-order valence-electron chi connectivity index (χ3n) is 3.50. The van der Waals surface area contributed by atoms with E-state index >= 15 is 0 Å². The van der Waals surface area contributed by atoms with E-state index in [1.807, 2.05) is 0 Å². The molecule has 1 heterocycles. The molecular formula is C12H21N3. The number of hydrogen-bond acceptors (Lipinski definition) is 3. The van der Waals surface area contributed by atoms with Crippen molar-refractivity contribution < 1.29 is 0 Å². The van der Waals surface area contributed by atoms with Crippen LogP contribution in [0.1, 0.15) is 32.6 Å². The van der Waals surface area contributed by atoms with Crippen molar-refractivity contribution in [3.8, 4) is 0 Å². The SMILES string of the molecule is CC1=C2CNCN=C2C(CCCN)CC1. The van der Waals surface area contributed by atoms with Gasteiger partial charge in [-0.1, -0.05) is 5.57 Å². The van der Waals surface area contributed by atoms with Gasteiger partial charge >= 0.3 is 0 Å². The number of nitrogens with one attached hydrogen (secondary N) is 1. The fourth-order valence-corrected chi connectivity index (χ4v) is 2.58. The van der Waals surface area contributed by atoms with E-state index in [1.54, 1.807) is 0 Å². The van der Waals surface area contributed by atoms with Gasteiger partial charge in [-0.25, -0.2) is 0 Å². The molecular weight excluding hydrogens is 186 g/mol. The van der Waals surface area contributed by atoms with Crippen molar-refractivity contribution in [2.75, 3.05) is 19.8 Å². The molecule has 84 valence electrons. The second-order valence-corrected chi connectivity index (χ2v) is 4.55. The molecule has 3 nitrogen and oxygen atoms in total. The average molecular weight is 207 g/mol. The van der Waals surface area contributed by atoms with Crippen LogP contribution in [0.3, 0.4) is 0 Å². The zero-order chi connectivity index (χ0) is 10.7. The number of nitrogens with zero attached hydrogens (tertiary/aromatic N) is 1. The smallest absolute Gasteiger partial charge is 0.0890 e. The van der Waals surface area contributed by atoms with Gasteiger partial charge in [0.15, 0.2) is 0 Å². The minimum atomic E-state index is 0.675. The van der Waals surface area contributed by atoms with Crippen LogP contribution in [-0.2, 0) is 0 Å². The van der Waals surface area contributed by atoms with Crippen LogP contribution in [0.2, 0.25) is 0 Å². The quantitative estimate of drug-likeness (QED) is 0.736. The molecule has 3 heteroatoms. The van der Waals surface area contributed by atoms with Gasteiger partial charge in [0.2, 0.25) is 0 Å². The first kappa shape index (κ1) is 10.8. The zero-order valence-corrected chi connectivity index (χ0v) is 9.55. The van der Waals surface area contributed by atoms with Crippen molar-refractivity contribution in [2.45, 2.75) is 32.6 Å². The van der Waals surface area contributed by atoms with Crippen LogP contribution < -0.4 is 11.1 Å².